The van der Waals surface area contributed by atoms with E-state index in [9.17, 15) is 15.3 Å². The van der Waals surface area contributed by atoms with Crippen molar-refractivity contribution in [3.63, 3.8) is 0 Å². The average molecular weight is 315 g/mol. The van der Waals surface area contributed by atoms with E-state index in [1.165, 1.54) is 0 Å². The molecular weight excluding hydrogens is 302 g/mol. The van der Waals surface area contributed by atoms with Gasteiger partial charge in [0.25, 0.3) is 0 Å². The minimum absolute atomic E-state index is 0.0711. The van der Waals surface area contributed by atoms with Crippen LogP contribution in [0.2, 0.25) is 0 Å². The number of allylic oxidation sites excluding steroid dienone is 2. The third kappa shape index (κ3) is 1.93. The predicted octanol–water partition coefficient (Wildman–Crippen LogP) is 2.67. The Bertz CT molecular complexity index is 986. The largest absolute Gasteiger partial charge is 0.378 e. The molecule has 0 unspecified atom stereocenters. The van der Waals surface area contributed by atoms with Crippen LogP contribution in [0.25, 0.3) is 16.3 Å². The zero-order chi connectivity index (χ0) is 16.7. The summed E-state index contributed by atoms with van der Waals surface area (Å²) in [6.45, 7) is 2.62. The number of ether oxygens (including phenoxy) is 1. The summed E-state index contributed by atoms with van der Waals surface area (Å²) in [6.07, 6.45) is 0. The summed E-state index contributed by atoms with van der Waals surface area (Å²) in [7, 11) is 0. The number of benzene rings is 2. The van der Waals surface area contributed by atoms with Crippen LogP contribution in [0.4, 0.5) is 5.69 Å². The molecule has 1 fully saturated rings. The van der Waals surface area contributed by atoms with E-state index in [0.29, 0.717) is 37.4 Å². The first-order valence-corrected chi connectivity index (χ1v) is 7.74. The molecule has 0 atom stereocenters. The van der Waals surface area contributed by atoms with Gasteiger partial charge in [-0.2, -0.15) is 10.5 Å². The number of ketones is 1. The second kappa shape index (κ2) is 5.49. The normalized spacial score (nSPS) is 16.9. The van der Waals surface area contributed by atoms with Gasteiger partial charge in [0.05, 0.1) is 24.4 Å². The minimum Gasteiger partial charge on any atom is -0.378 e. The first kappa shape index (κ1) is 14.4. The lowest BCUT2D eigenvalue weighted by Gasteiger charge is -2.32. The number of hydrogen-bond acceptors (Lipinski definition) is 5. The molecule has 0 saturated carbocycles. The van der Waals surface area contributed by atoms with Gasteiger partial charge in [0, 0.05) is 29.7 Å². The standard InChI is InChI=1S/C19H13N3O2/c20-10-14-13-3-1-2-12-4-5-16(22-6-8-24-9-7-22)18(17(12)13)19(23)15(14)11-21/h1-5H,6-9H2. The Morgan fingerprint density at radius 2 is 1.75 bits per heavy atom. The molecule has 1 aliphatic carbocycles. The van der Waals surface area contributed by atoms with E-state index in [-0.39, 0.29) is 16.9 Å². The molecule has 0 bridgehead atoms. The van der Waals surface area contributed by atoms with E-state index in [1.807, 2.05) is 36.4 Å². The van der Waals surface area contributed by atoms with Crippen LogP contribution in [-0.2, 0) is 4.74 Å². The Kier molecular flexibility index (Phi) is 3.30. The van der Waals surface area contributed by atoms with E-state index in [4.69, 9.17) is 4.74 Å². The molecule has 1 aliphatic heterocycles. The van der Waals surface area contributed by atoms with Gasteiger partial charge in [0.15, 0.2) is 0 Å². The highest BCUT2D eigenvalue weighted by Gasteiger charge is 2.31. The van der Waals surface area contributed by atoms with Crippen LogP contribution in [0.5, 0.6) is 0 Å². The predicted molar refractivity (Wildman–Crippen MR) is 89.5 cm³/mol. The molecular formula is C19H13N3O2. The maximum atomic E-state index is 13.0. The van der Waals surface area contributed by atoms with Gasteiger partial charge in [0.1, 0.15) is 17.7 Å². The Labute approximate surface area is 139 Å². The highest BCUT2D eigenvalue weighted by atomic mass is 16.5. The van der Waals surface area contributed by atoms with E-state index >= 15 is 0 Å². The zero-order valence-electron chi connectivity index (χ0n) is 12.9. The van der Waals surface area contributed by atoms with Crippen LogP contribution in [-0.4, -0.2) is 32.1 Å². The van der Waals surface area contributed by atoms with Crippen LogP contribution in [0, 0.1) is 22.7 Å². The molecule has 4 rings (SSSR count). The molecule has 0 amide bonds. The number of hydrogen-bond donors (Lipinski definition) is 0. The molecule has 0 N–H and O–H groups in total. The molecule has 0 radical (unpaired) electrons. The molecule has 2 aromatic carbocycles. The van der Waals surface area contributed by atoms with Gasteiger partial charge >= 0.3 is 0 Å². The second-order valence-corrected chi connectivity index (χ2v) is 5.77. The van der Waals surface area contributed by atoms with E-state index in [0.717, 1.165) is 16.5 Å². The Hall–Kier alpha value is -3.15. The van der Waals surface area contributed by atoms with Crippen molar-refractivity contribution >= 4 is 27.8 Å². The van der Waals surface area contributed by atoms with Crippen LogP contribution in [0.1, 0.15) is 15.9 Å². The number of Topliss-reactive ketones (excluding diaryl/α,β-unsaturated/α-hetero) is 1. The van der Waals surface area contributed by atoms with Crippen molar-refractivity contribution in [1.29, 1.82) is 10.5 Å². The molecule has 0 aromatic heterocycles. The first-order valence-electron chi connectivity index (χ1n) is 7.74. The number of nitriles is 2. The second-order valence-electron chi connectivity index (χ2n) is 5.77. The molecule has 0 spiro atoms. The van der Waals surface area contributed by atoms with Crippen molar-refractivity contribution in [3.8, 4) is 12.1 Å². The van der Waals surface area contributed by atoms with Crippen molar-refractivity contribution in [2.45, 2.75) is 0 Å². The Morgan fingerprint density at radius 1 is 1.00 bits per heavy atom. The highest BCUT2D eigenvalue weighted by molar-refractivity contribution is 6.30. The van der Waals surface area contributed by atoms with Crippen molar-refractivity contribution in [3.05, 3.63) is 47.0 Å². The number of rotatable bonds is 1. The van der Waals surface area contributed by atoms with Gasteiger partial charge in [-0.3, -0.25) is 4.79 Å². The molecule has 2 aliphatic rings. The van der Waals surface area contributed by atoms with Crippen LogP contribution in [0.15, 0.2) is 35.9 Å². The van der Waals surface area contributed by atoms with E-state index in [1.54, 1.807) is 6.07 Å². The Balaban J connectivity index is 2.06. The zero-order valence-corrected chi connectivity index (χ0v) is 12.9. The van der Waals surface area contributed by atoms with Gasteiger partial charge in [-0.1, -0.05) is 24.3 Å². The SMILES string of the molecule is N#CC1=C(C#N)c2cccc3ccc(N4CCOCC4)c(c23)C1=O. The fourth-order valence-electron chi connectivity index (χ4n) is 3.47. The molecule has 1 saturated heterocycles. The molecule has 1 heterocycles. The summed E-state index contributed by atoms with van der Waals surface area (Å²) in [5.74, 6) is -0.361. The summed E-state index contributed by atoms with van der Waals surface area (Å²) in [6, 6.07) is 13.4. The highest BCUT2D eigenvalue weighted by Crippen LogP contribution is 2.40. The maximum absolute atomic E-state index is 13.0. The molecule has 24 heavy (non-hydrogen) atoms. The number of morpholine rings is 1. The molecule has 5 heteroatoms. The summed E-state index contributed by atoms with van der Waals surface area (Å²) in [5, 5.41) is 20.6. The summed E-state index contributed by atoms with van der Waals surface area (Å²) >= 11 is 0. The van der Waals surface area contributed by atoms with Gasteiger partial charge in [-0.25, -0.2) is 0 Å². The van der Waals surface area contributed by atoms with Gasteiger partial charge in [0.2, 0.25) is 5.78 Å². The first-order chi connectivity index (χ1) is 11.8. The van der Waals surface area contributed by atoms with Crippen LogP contribution in [0.3, 0.4) is 0 Å². The van der Waals surface area contributed by atoms with Gasteiger partial charge in [-0.15, -0.1) is 0 Å². The smallest absolute Gasteiger partial charge is 0.207 e. The number of carbonyl (C=O) groups is 1. The fourth-order valence-corrected chi connectivity index (χ4v) is 3.47. The number of anilines is 1. The summed E-state index contributed by atoms with van der Waals surface area (Å²) in [5.41, 5.74) is 2.10. The average Bonchev–Trinajstić information content (AvgIpc) is 2.64. The van der Waals surface area contributed by atoms with Gasteiger partial charge in [-0.05, 0) is 11.5 Å². The summed E-state index contributed by atoms with van der Waals surface area (Å²) < 4.78 is 5.39. The molecule has 2 aromatic rings. The minimum atomic E-state index is -0.361. The Morgan fingerprint density at radius 3 is 2.46 bits per heavy atom. The number of nitrogens with zero attached hydrogens (tertiary/aromatic N) is 3. The van der Waals surface area contributed by atoms with Crippen LogP contribution < -0.4 is 4.90 Å². The van der Waals surface area contributed by atoms with Crippen molar-refractivity contribution in [1.82, 2.24) is 0 Å². The lowest BCUT2D eigenvalue weighted by molar-refractivity contribution is 0.103. The van der Waals surface area contributed by atoms with Crippen molar-refractivity contribution in [2.75, 3.05) is 31.2 Å². The summed E-state index contributed by atoms with van der Waals surface area (Å²) in [4.78, 5) is 15.1. The van der Waals surface area contributed by atoms with Gasteiger partial charge < -0.3 is 9.64 Å². The molecule has 116 valence electrons. The maximum Gasteiger partial charge on any atom is 0.207 e. The lowest BCUT2D eigenvalue weighted by atomic mass is 9.82. The van der Waals surface area contributed by atoms with Crippen LogP contribution >= 0.6 is 0 Å². The van der Waals surface area contributed by atoms with Crippen molar-refractivity contribution in [2.24, 2.45) is 0 Å². The fraction of sp³-hybridized carbons (Fsp3) is 0.211. The topological polar surface area (TPSA) is 77.1 Å². The van der Waals surface area contributed by atoms with Crippen molar-refractivity contribution < 1.29 is 9.53 Å². The third-order valence-electron chi connectivity index (χ3n) is 4.57. The van der Waals surface area contributed by atoms with E-state index in [2.05, 4.69) is 4.90 Å². The lowest BCUT2D eigenvalue weighted by Crippen LogP contribution is -2.37. The number of carbonyl (C=O) groups excluding carboxylic acids is 1. The van der Waals surface area contributed by atoms with E-state index < -0.39 is 0 Å². The quantitative estimate of drug-likeness (QED) is 0.808. The molecule has 5 nitrogen and oxygen atoms in total. The monoisotopic (exact) mass is 315 g/mol. The third-order valence-corrected chi connectivity index (χ3v) is 4.57.